The third-order valence-electron chi connectivity index (χ3n) is 6.42. The molecule has 0 aromatic heterocycles. The Morgan fingerprint density at radius 3 is 2.00 bits per heavy atom. The molecule has 2 fully saturated rings. The third-order valence-corrected chi connectivity index (χ3v) is 6.42. The van der Waals surface area contributed by atoms with Crippen molar-refractivity contribution in [2.45, 2.75) is 57.8 Å². The Labute approximate surface area is 152 Å². The van der Waals surface area contributed by atoms with Crippen LogP contribution in [0.15, 0.2) is 36.9 Å². The van der Waals surface area contributed by atoms with E-state index in [-0.39, 0.29) is 0 Å². The van der Waals surface area contributed by atoms with Crippen LogP contribution in [0, 0.1) is 35.0 Å². The molecular weight excluding hydrogens is 306 g/mol. The zero-order valence-electron chi connectivity index (χ0n) is 15.3. The lowest BCUT2D eigenvalue weighted by Crippen LogP contribution is -2.27. The van der Waals surface area contributed by atoms with Gasteiger partial charge in [0.05, 0.1) is 18.2 Å². The molecule has 2 aliphatic carbocycles. The molecule has 0 amide bonds. The van der Waals surface area contributed by atoms with Gasteiger partial charge >= 0.3 is 0 Å². The van der Waals surface area contributed by atoms with E-state index >= 15 is 0 Å². The lowest BCUT2D eigenvalue weighted by molar-refractivity contribution is 0.124. The second kappa shape index (κ2) is 9.09. The maximum Gasteiger partial charge on any atom is 0.119 e. The Morgan fingerprint density at radius 2 is 1.48 bits per heavy atom. The van der Waals surface area contributed by atoms with Gasteiger partial charge in [0, 0.05) is 0 Å². The summed E-state index contributed by atoms with van der Waals surface area (Å²) in [6.45, 7) is 4.72. The van der Waals surface area contributed by atoms with Crippen molar-refractivity contribution >= 4 is 0 Å². The molecular formula is C23H31NO. The number of rotatable bonds is 6. The first-order valence-corrected chi connectivity index (χ1v) is 10.0. The minimum absolute atomic E-state index is 0.690. The molecule has 2 nitrogen and oxygen atoms in total. The molecule has 134 valence electrons. The SMILES string of the molecule is C=CC[C@H]1CC[C@H]([C@H]2CC[C@H](COc3ccc(C#N)cc3)CC2)CC1. The first kappa shape index (κ1) is 18.1. The van der Waals surface area contributed by atoms with Gasteiger partial charge in [-0.15, -0.1) is 6.58 Å². The van der Waals surface area contributed by atoms with Crippen LogP contribution < -0.4 is 4.74 Å². The van der Waals surface area contributed by atoms with Crippen molar-refractivity contribution in [3.05, 3.63) is 42.5 Å². The molecule has 25 heavy (non-hydrogen) atoms. The maximum atomic E-state index is 8.84. The van der Waals surface area contributed by atoms with Crippen LogP contribution in [-0.4, -0.2) is 6.61 Å². The summed E-state index contributed by atoms with van der Waals surface area (Å²) in [5.41, 5.74) is 0.690. The number of ether oxygens (including phenoxy) is 1. The zero-order chi connectivity index (χ0) is 17.5. The predicted octanol–water partition coefficient (Wildman–Crippen LogP) is 6.13. The summed E-state index contributed by atoms with van der Waals surface area (Å²) < 4.78 is 5.95. The molecule has 2 aliphatic rings. The fraction of sp³-hybridized carbons (Fsp3) is 0.609. The highest BCUT2D eigenvalue weighted by atomic mass is 16.5. The lowest BCUT2D eigenvalue weighted by atomic mass is 9.69. The number of allylic oxidation sites excluding steroid dienone is 1. The van der Waals surface area contributed by atoms with E-state index in [0.29, 0.717) is 11.5 Å². The van der Waals surface area contributed by atoms with E-state index in [0.717, 1.165) is 30.1 Å². The van der Waals surface area contributed by atoms with Crippen molar-refractivity contribution < 1.29 is 4.74 Å². The summed E-state index contributed by atoms with van der Waals surface area (Å²) in [6, 6.07) is 9.62. The van der Waals surface area contributed by atoms with Gasteiger partial charge in [0.25, 0.3) is 0 Å². The molecule has 0 heterocycles. The van der Waals surface area contributed by atoms with Gasteiger partial charge in [-0.05, 0) is 106 Å². The molecule has 0 atom stereocenters. The summed E-state index contributed by atoms with van der Waals surface area (Å²) in [5.74, 6) is 4.42. The predicted molar refractivity (Wildman–Crippen MR) is 102 cm³/mol. The monoisotopic (exact) mass is 337 g/mol. The Balaban J connectivity index is 1.37. The van der Waals surface area contributed by atoms with Gasteiger partial charge in [0.15, 0.2) is 0 Å². The summed E-state index contributed by atoms with van der Waals surface area (Å²) >= 11 is 0. The van der Waals surface area contributed by atoms with E-state index in [2.05, 4.69) is 18.7 Å². The van der Waals surface area contributed by atoms with E-state index < -0.39 is 0 Å². The highest BCUT2D eigenvalue weighted by Gasteiger charge is 2.30. The molecule has 0 unspecified atom stereocenters. The van der Waals surface area contributed by atoms with Crippen molar-refractivity contribution in [2.75, 3.05) is 6.61 Å². The molecule has 0 spiro atoms. The van der Waals surface area contributed by atoms with Crippen molar-refractivity contribution in [3.8, 4) is 11.8 Å². The van der Waals surface area contributed by atoms with E-state index in [1.54, 1.807) is 0 Å². The first-order valence-electron chi connectivity index (χ1n) is 10.0. The van der Waals surface area contributed by atoms with Gasteiger partial charge in [0.2, 0.25) is 0 Å². The molecule has 3 rings (SSSR count). The summed E-state index contributed by atoms with van der Waals surface area (Å²) in [4.78, 5) is 0. The summed E-state index contributed by atoms with van der Waals surface area (Å²) in [6.07, 6.45) is 14.4. The number of nitrogens with zero attached hydrogens (tertiary/aromatic N) is 1. The number of nitriles is 1. The van der Waals surface area contributed by atoms with Crippen molar-refractivity contribution in [1.82, 2.24) is 0 Å². The third kappa shape index (κ3) is 5.11. The molecule has 2 saturated carbocycles. The highest BCUT2D eigenvalue weighted by Crippen LogP contribution is 2.42. The summed E-state index contributed by atoms with van der Waals surface area (Å²) in [5, 5.41) is 8.84. The van der Waals surface area contributed by atoms with E-state index in [4.69, 9.17) is 10.00 Å². The summed E-state index contributed by atoms with van der Waals surface area (Å²) in [7, 11) is 0. The van der Waals surface area contributed by atoms with E-state index in [1.165, 1.54) is 57.8 Å². The van der Waals surface area contributed by atoms with Crippen LogP contribution in [0.3, 0.4) is 0 Å². The second-order valence-electron chi connectivity index (χ2n) is 8.03. The van der Waals surface area contributed by atoms with E-state index in [9.17, 15) is 0 Å². The maximum absolute atomic E-state index is 8.84. The van der Waals surface area contributed by atoms with Crippen LogP contribution in [0.5, 0.6) is 5.75 Å². The van der Waals surface area contributed by atoms with Crippen LogP contribution in [0.25, 0.3) is 0 Å². The van der Waals surface area contributed by atoms with Crippen LogP contribution in [0.1, 0.15) is 63.4 Å². The fourth-order valence-corrected chi connectivity index (χ4v) is 4.80. The van der Waals surface area contributed by atoms with Gasteiger partial charge < -0.3 is 4.74 Å². The topological polar surface area (TPSA) is 33.0 Å². The van der Waals surface area contributed by atoms with Gasteiger partial charge in [-0.25, -0.2) is 0 Å². The molecule has 0 saturated heterocycles. The standard InChI is InChI=1S/C23H31NO/c1-2-3-18-4-10-21(11-5-18)22-12-6-20(7-13-22)17-25-23-14-8-19(16-24)9-15-23/h2,8-9,14-15,18,20-22H,1,3-7,10-13,17H2/t18-,20-,21-,22-. The molecule has 0 radical (unpaired) electrons. The van der Waals surface area contributed by atoms with Crippen LogP contribution in [0.4, 0.5) is 0 Å². The normalized spacial score (nSPS) is 29.6. The van der Waals surface area contributed by atoms with Gasteiger partial charge in [-0.3, -0.25) is 0 Å². The van der Waals surface area contributed by atoms with Crippen LogP contribution in [-0.2, 0) is 0 Å². The quantitative estimate of drug-likeness (QED) is 0.585. The molecule has 1 aromatic carbocycles. The van der Waals surface area contributed by atoms with E-state index in [1.807, 2.05) is 24.3 Å². The van der Waals surface area contributed by atoms with Gasteiger partial charge in [0.1, 0.15) is 5.75 Å². The van der Waals surface area contributed by atoms with Crippen molar-refractivity contribution in [2.24, 2.45) is 23.7 Å². The minimum Gasteiger partial charge on any atom is -0.493 e. The number of benzene rings is 1. The Hall–Kier alpha value is -1.75. The molecule has 2 heteroatoms. The zero-order valence-corrected chi connectivity index (χ0v) is 15.3. The molecule has 0 bridgehead atoms. The molecule has 0 N–H and O–H groups in total. The average molecular weight is 338 g/mol. The Bertz CT molecular complexity index is 569. The van der Waals surface area contributed by atoms with Crippen LogP contribution >= 0.6 is 0 Å². The van der Waals surface area contributed by atoms with Gasteiger partial charge in [-0.1, -0.05) is 6.08 Å². The average Bonchev–Trinajstić information content (AvgIpc) is 2.68. The lowest BCUT2D eigenvalue weighted by Gasteiger charge is -2.37. The largest absolute Gasteiger partial charge is 0.493 e. The molecule has 0 aliphatic heterocycles. The Kier molecular flexibility index (Phi) is 6.56. The van der Waals surface area contributed by atoms with Crippen LogP contribution in [0.2, 0.25) is 0 Å². The fourth-order valence-electron chi connectivity index (χ4n) is 4.80. The van der Waals surface area contributed by atoms with Crippen molar-refractivity contribution in [3.63, 3.8) is 0 Å². The smallest absolute Gasteiger partial charge is 0.119 e. The number of hydrogen-bond acceptors (Lipinski definition) is 2. The van der Waals surface area contributed by atoms with Gasteiger partial charge in [-0.2, -0.15) is 5.26 Å². The Morgan fingerprint density at radius 1 is 0.920 bits per heavy atom. The number of hydrogen-bond donors (Lipinski definition) is 0. The second-order valence-corrected chi connectivity index (χ2v) is 8.03. The molecule has 1 aromatic rings. The highest BCUT2D eigenvalue weighted by molar-refractivity contribution is 5.34. The minimum atomic E-state index is 0.690. The first-order chi connectivity index (χ1) is 12.3. The van der Waals surface area contributed by atoms with Crippen molar-refractivity contribution in [1.29, 1.82) is 5.26 Å².